The lowest BCUT2D eigenvalue weighted by Crippen LogP contribution is -2.34. The predicted octanol–water partition coefficient (Wildman–Crippen LogP) is 0.813. The first-order valence-electron chi connectivity index (χ1n) is 5.04. The second-order valence-electron chi connectivity index (χ2n) is 3.69. The van der Waals surface area contributed by atoms with Crippen molar-refractivity contribution in [3.8, 4) is 11.6 Å². The van der Waals surface area contributed by atoms with Crippen LogP contribution in [0.5, 0.6) is 5.95 Å². The molecule has 0 saturated heterocycles. The fraction of sp³-hybridized carbons (Fsp3) is 0.273. The second kappa shape index (κ2) is 4.67. The van der Waals surface area contributed by atoms with E-state index < -0.39 is 5.95 Å². The maximum Gasteiger partial charge on any atom is 0.297 e. The summed E-state index contributed by atoms with van der Waals surface area (Å²) in [5.41, 5.74) is 1.90. The molecule has 0 fully saturated rings. The van der Waals surface area contributed by atoms with Crippen molar-refractivity contribution in [3.63, 3.8) is 0 Å². The Balaban J connectivity index is 2.39. The lowest BCUT2D eigenvalue weighted by Gasteiger charge is -2.10. The maximum atomic E-state index is 11.3. The van der Waals surface area contributed by atoms with Crippen molar-refractivity contribution in [1.82, 2.24) is 5.27 Å². The van der Waals surface area contributed by atoms with Crippen LogP contribution in [-0.4, -0.2) is 25.6 Å². The standard InChI is InChI=1S/C11H13N3O2S/c1-13(2)8-4-6-9(7-5-8)14-10(17-3)11(15)16-12-14/h4-7H,1-3H3. The second-order valence-corrected chi connectivity index (χ2v) is 4.49. The Hall–Kier alpha value is -1.69. The molecule has 0 saturated carbocycles. The summed E-state index contributed by atoms with van der Waals surface area (Å²) in [6.07, 6.45) is 1.82. The SMILES string of the molecule is CSc1c([O-])on[n+]1-c1ccc(N(C)C)cc1. The summed E-state index contributed by atoms with van der Waals surface area (Å²) in [4.78, 5) is 2.01. The number of anilines is 1. The summed E-state index contributed by atoms with van der Waals surface area (Å²) in [5.74, 6) is -0.408. The van der Waals surface area contributed by atoms with E-state index in [0.717, 1.165) is 11.4 Å². The Morgan fingerprint density at radius 2 is 1.94 bits per heavy atom. The summed E-state index contributed by atoms with van der Waals surface area (Å²) in [5, 5.41) is 15.5. The first-order valence-corrected chi connectivity index (χ1v) is 6.26. The first-order chi connectivity index (χ1) is 8.13. The van der Waals surface area contributed by atoms with Gasteiger partial charge in [0.2, 0.25) is 5.69 Å². The van der Waals surface area contributed by atoms with Crippen molar-refractivity contribution in [2.75, 3.05) is 25.3 Å². The van der Waals surface area contributed by atoms with Crippen molar-refractivity contribution in [1.29, 1.82) is 0 Å². The van der Waals surface area contributed by atoms with Crippen molar-refractivity contribution in [2.24, 2.45) is 0 Å². The number of benzene rings is 1. The van der Waals surface area contributed by atoms with Gasteiger partial charge in [0.25, 0.3) is 5.03 Å². The number of nitrogens with zero attached hydrogens (tertiary/aromatic N) is 3. The normalized spacial score (nSPS) is 10.5. The maximum absolute atomic E-state index is 11.3. The lowest BCUT2D eigenvalue weighted by molar-refractivity contribution is -0.705. The predicted molar refractivity (Wildman–Crippen MR) is 63.6 cm³/mol. The molecule has 5 nitrogen and oxygen atoms in total. The van der Waals surface area contributed by atoms with Crippen LogP contribution in [0.15, 0.2) is 33.8 Å². The van der Waals surface area contributed by atoms with E-state index in [1.54, 1.807) is 0 Å². The van der Waals surface area contributed by atoms with Crippen LogP contribution in [-0.2, 0) is 0 Å². The molecule has 0 aliphatic heterocycles. The molecular weight excluding hydrogens is 238 g/mol. The third-order valence-electron chi connectivity index (χ3n) is 2.38. The van der Waals surface area contributed by atoms with Gasteiger partial charge < -0.3 is 14.5 Å². The molecule has 1 aromatic carbocycles. The molecular formula is C11H13N3O2S. The van der Waals surface area contributed by atoms with Gasteiger partial charge in [-0.05, 0) is 23.1 Å². The third kappa shape index (κ3) is 2.21. The van der Waals surface area contributed by atoms with Crippen molar-refractivity contribution < 1.29 is 14.3 Å². The molecule has 0 aliphatic carbocycles. The van der Waals surface area contributed by atoms with Crippen LogP contribution in [0.3, 0.4) is 0 Å². The molecule has 6 heteroatoms. The zero-order valence-corrected chi connectivity index (χ0v) is 10.7. The van der Waals surface area contributed by atoms with Crippen LogP contribution in [0.4, 0.5) is 5.69 Å². The molecule has 0 bridgehead atoms. The highest BCUT2D eigenvalue weighted by molar-refractivity contribution is 7.98. The largest absolute Gasteiger partial charge is 0.538 e. The van der Waals surface area contributed by atoms with Crippen LogP contribution in [0.25, 0.3) is 5.69 Å². The van der Waals surface area contributed by atoms with E-state index in [1.807, 2.05) is 49.5 Å². The third-order valence-corrected chi connectivity index (χ3v) is 3.10. The molecule has 0 amide bonds. The van der Waals surface area contributed by atoms with Crippen LogP contribution in [0.2, 0.25) is 0 Å². The molecule has 1 aromatic heterocycles. The Morgan fingerprint density at radius 3 is 2.47 bits per heavy atom. The van der Waals surface area contributed by atoms with Crippen molar-refractivity contribution in [2.45, 2.75) is 5.03 Å². The van der Waals surface area contributed by atoms with Crippen molar-refractivity contribution >= 4 is 17.4 Å². The molecule has 0 atom stereocenters. The average molecular weight is 251 g/mol. The molecule has 0 radical (unpaired) electrons. The highest BCUT2D eigenvalue weighted by atomic mass is 32.2. The summed E-state index contributed by atoms with van der Waals surface area (Å²) in [6, 6.07) is 7.73. The fourth-order valence-corrected chi connectivity index (χ4v) is 1.98. The minimum atomic E-state index is -0.408. The molecule has 0 spiro atoms. The smallest absolute Gasteiger partial charge is 0.297 e. The Kier molecular flexibility index (Phi) is 3.23. The van der Waals surface area contributed by atoms with E-state index in [0.29, 0.717) is 5.03 Å². The minimum absolute atomic E-state index is 0.408. The summed E-state index contributed by atoms with van der Waals surface area (Å²) >= 11 is 1.32. The van der Waals surface area contributed by atoms with Gasteiger partial charge in [-0.3, -0.25) is 0 Å². The Labute approximate surface area is 104 Å². The number of rotatable bonds is 3. The van der Waals surface area contributed by atoms with E-state index in [9.17, 15) is 5.11 Å². The van der Waals surface area contributed by atoms with Crippen LogP contribution >= 0.6 is 11.8 Å². The van der Waals surface area contributed by atoms with Gasteiger partial charge in [0, 0.05) is 31.9 Å². The van der Waals surface area contributed by atoms with Crippen LogP contribution in [0, 0.1) is 0 Å². The molecule has 1 heterocycles. The molecule has 0 aliphatic rings. The van der Waals surface area contributed by atoms with Gasteiger partial charge >= 0.3 is 0 Å². The van der Waals surface area contributed by atoms with Crippen LogP contribution in [0.1, 0.15) is 0 Å². The molecule has 17 heavy (non-hydrogen) atoms. The quantitative estimate of drug-likeness (QED) is 0.597. The molecule has 0 N–H and O–H groups in total. The molecule has 2 aromatic rings. The monoisotopic (exact) mass is 251 g/mol. The highest BCUT2D eigenvalue weighted by Gasteiger charge is 2.19. The van der Waals surface area contributed by atoms with Crippen LogP contribution < -0.4 is 14.7 Å². The van der Waals surface area contributed by atoms with E-state index in [4.69, 9.17) is 0 Å². The van der Waals surface area contributed by atoms with Gasteiger partial charge in [0.1, 0.15) is 0 Å². The first kappa shape index (κ1) is 11.8. The van der Waals surface area contributed by atoms with Gasteiger partial charge in [-0.1, -0.05) is 11.8 Å². The van der Waals surface area contributed by atoms with E-state index in [2.05, 4.69) is 9.79 Å². The molecule has 2 rings (SSSR count). The fourth-order valence-electron chi connectivity index (χ4n) is 1.47. The van der Waals surface area contributed by atoms with Gasteiger partial charge in [0.05, 0.1) is 5.27 Å². The molecule has 90 valence electrons. The zero-order valence-electron chi connectivity index (χ0n) is 9.88. The number of aromatic nitrogens is 2. The summed E-state index contributed by atoms with van der Waals surface area (Å²) in [6.45, 7) is 0. The average Bonchev–Trinajstić information content (AvgIpc) is 2.70. The minimum Gasteiger partial charge on any atom is -0.538 e. The van der Waals surface area contributed by atoms with Gasteiger partial charge in [0.15, 0.2) is 5.95 Å². The zero-order chi connectivity index (χ0) is 12.4. The summed E-state index contributed by atoms with van der Waals surface area (Å²) in [7, 11) is 3.95. The van der Waals surface area contributed by atoms with Gasteiger partial charge in [-0.2, -0.15) is 0 Å². The van der Waals surface area contributed by atoms with Gasteiger partial charge in [-0.25, -0.2) is 0 Å². The van der Waals surface area contributed by atoms with E-state index in [-0.39, 0.29) is 0 Å². The lowest BCUT2D eigenvalue weighted by atomic mass is 10.2. The van der Waals surface area contributed by atoms with Gasteiger partial charge in [-0.15, -0.1) is 0 Å². The van der Waals surface area contributed by atoms with E-state index in [1.165, 1.54) is 16.4 Å². The number of hydrogen-bond acceptors (Lipinski definition) is 5. The highest BCUT2D eigenvalue weighted by Crippen LogP contribution is 2.21. The number of hydrogen-bond donors (Lipinski definition) is 0. The Bertz CT molecular complexity index is 508. The topological polar surface area (TPSA) is 56.2 Å². The summed E-state index contributed by atoms with van der Waals surface area (Å²) < 4.78 is 6.15. The van der Waals surface area contributed by atoms with Crippen molar-refractivity contribution in [3.05, 3.63) is 24.3 Å². The molecule has 0 unspecified atom stereocenters. The Morgan fingerprint density at radius 1 is 1.29 bits per heavy atom. The van der Waals surface area contributed by atoms with E-state index >= 15 is 0 Å². The number of thioether (sulfide) groups is 1.